The molecule has 150 valence electrons. The topological polar surface area (TPSA) is 0 Å². The van der Waals surface area contributed by atoms with Gasteiger partial charge in [0.25, 0.3) is 5.92 Å². The molecule has 0 amide bonds. The third-order valence-electron chi connectivity index (χ3n) is 5.61. The van der Waals surface area contributed by atoms with Gasteiger partial charge in [-0.05, 0) is 54.9 Å². The predicted molar refractivity (Wildman–Crippen MR) is 101 cm³/mol. The monoisotopic (exact) mass is 394 g/mol. The van der Waals surface area contributed by atoms with Crippen molar-refractivity contribution in [3.63, 3.8) is 0 Å². The molecule has 0 N–H and O–H groups in total. The second-order valence-electron chi connectivity index (χ2n) is 7.36. The van der Waals surface area contributed by atoms with Crippen LogP contribution in [0.3, 0.4) is 0 Å². The Morgan fingerprint density at radius 2 is 1.79 bits per heavy atom. The molecule has 0 bridgehead atoms. The summed E-state index contributed by atoms with van der Waals surface area (Å²) < 4.78 is 72.2. The molecule has 3 rings (SSSR count). The van der Waals surface area contributed by atoms with E-state index in [4.69, 9.17) is 0 Å². The van der Waals surface area contributed by atoms with E-state index in [1.807, 2.05) is 0 Å². The second-order valence-corrected chi connectivity index (χ2v) is 7.36. The molecule has 28 heavy (non-hydrogen) atoms. The Kier molecular flexibility index (Phi) is 5.92. The normalized spacial score (nSPS) is 22.0. The Morgan fingerprint density at radius 1 is 1.04 bits per heavy atom. The minimum absolute atomic E-state index is 0.0366. The summed E-state index contributed by atoms with van der Waals surface area (Å²) in [4.78, 5) is 0. The molecule has 5 heteroatoms. The molecule has 2 unspecified atom stereocenters. The van der Waals surface area contributed by atoms with Crippen LogP contribution in [0.4, 0.5) is 22.0 Å². The number of alkyl halides is 2. The van der Waals surface area contributed by atoms with E-state index in [-0.39, 0.29) is 23.1 Å². The average Bonchev–Trinajstić information content (AvgIpc) is 2.65. The Morgan fingerprint density at radius 3 is 2.39 bits per heavy atom. The summed E-state index contributed by atoms with van der Waals surface area (Å²) in [5, 5.41) is 0. The number of halogens is 5. The Bertz CT molecular complexity index is 885. The number of allylic oxidation sites excluding steroid dienone is 2. The van der Waals surface area contributed by atoms with Crippen LogP contribution in [-0.4, -0.2) is 5.92 Å². The quantitative estimate of drug-likeness (QED) is 0.374. The van der Waals surface area contributed by atoms with E-state index in [9.17, 15) is 22.0 Å². The van der Waals surface area contributed by atoms with Gasteiger partial charge in [-0.15, -0.1) is 0 Å². The van der Waals surface area contributed by atoms with E-state index in [2.05, 4.69) is 0 Å². The molecule has 0 saturated heterocycles. The number of rotatable bonds is 4. The van der Waals surface area contributed by atoms with Gasteiger partial charge < -0.3 is 0 Å². The van der Waals surface area contributed by atoms with Gasteiger partial charge in [0.05, 0.1) is 0 Å². The van der Waals surface area contributed by atoms with E-state index in [1.165, 1.54) is 30.3 Å². The summed E-state index contributed by atoms with van der Waals surface area (Å²) in [5.41, 5.74) is 0.601. The Balaban J connectivity index is 1.92. The number of hydrogen-bond acceptors (Lipinski definition) is 0. The van der Waals surface area contributed by atoms with Crippen LogP contribution in [0, 0.1) is 23.4 Å². The highest BCUT2D eigenvalue weighted by atomic mass is 19.3. The van der Waals surface area contributed by atoms with Crippen molar-refractivity contribution in [2.24, 2.45) is 5.92 Å². The average molecular weight is 394 g/mol. The summed E-state index contributed by atoms with van der Waals surface area (Å²) in [6, 6.07) is 6.96. The van der Waals surface area contributed by atoms with E-state index < -0.39 is 41.6 Å². The number of benzene rings is 2. The van der Waals surface area contributed by atoms with Crippen molar-refractivity contribution in [2.45, 2.75) is 51.4 Å². The fraction of sp³-hybridized carbons (Fsp3) is 0.391. The van der Waals surface area contributed by atoms with E-state index >= 15 is 0 Å². The smallest absolute Gasteiger partial charge is 0.207 e. The van der Waals surface area contributed by atoms with Crippen LogP contribution in [-0.2, 0) is 6.42 Å². The van der Waals surface area contributed by atoms with E-state index in [0.29, 0.717) is 18.4 Å². The number of hydrogen-bond donors (Lipinski definition) is 0. The summed E-state index contributed by atoms with van der Waals surface area (Å²) >= 11 is 0. The van der Waals surface area contributed by atoms with Crippen molar-refractivity contribution in [1.82, 2.24) is 0 Å². The molecule has 0 radical (unpaired) electrons. The first-order valence-corrected chi connectivity index (χ1v) is 9.55. The first kappa shape index (κ1) is 20.6. The van der Waals surface area contributed by atoms with Crippen molar-refractivity contribution in [2.75, 3.05) is 0 Å². The summed E-state index contributed by atoms with van der Waals surface area (Å²) in [6.45, 7) is 3.49. The molecule has 0 aromatic heterocycles. The van der Waals surface area contributed by atoms with Gasteiger partial charge in [-0.25, -0.2) is 22.0 Å². The largest absolute Gasteiger partial charge is 0.254 e. The van der Waals surface area contributed by atoms with Crippen molar-refractivity contribution < 1.29 is 22.0 Å². The zero-order valence-corrected chi connectivity index (χ0v) is 15.9. The fourth-order valence-electron chi connectivity index (χ4n) is 4.01. The lowest BCUT2D eigenvalue weighted by Gasteiger charge is -2.35. The van der Waals surface area contributed by atoms with Gasteiger partial charge in [-0.1, -0.05) is 43.3 Å². The molecule has 1 fully saturated rings. The maximum atomic E-state index is 14.7. The van der Waals surface area contributed by atoms with E-state index in [1.54, 1.807) is 26.0 Å². The van der Waals surface area contributed by atoms with Gasteiger partial charge in [0, 0.05) is 17.9 Å². The lowest BCUT2D eigenvalue weighted by atomic mass is 9.75. The summed E-state index contributed by atoms with van der Waals surface area (Å²) in [5.74, 6) is -7.32. The molecule has 2 aromatic carbocycles. The highest BCUT2D eigenvalue weighted by Crippen LogP contribution is 2.47. The van der Waals surface area contributed by atoms with Crippen LogP contribution in [0.2, 0.25) is 0 Å². The van der Waals surface area contributed by atoms with Crippen molar-refractivity contribution in [3.05, 3.63) is 71.1 Å². The van der Waals surface area contributed by atoms with Gasteiger partial charge in [-0.2, -0.15) is 0 Å². The molecule has 1 aliphatic rings. The molecule has 1 aliphatic carbocycles. The lowest BCUT2D eigenvalue weighted by molar-refractivity contribution is -0.0743. The summed E-state index contributed by atoms with van der Waals surface area (Å²) in [7, 11) is 0. The molecule has 0 heterocycles. The molecule has 0 aliphatic heterocycles. The minimum Gasteiger partial charge on any atom is -0.207 e. The van der Waals surface area contributed by atoms with Crippen LogP contribution in [0.15, 0.2) is 42.5 Å². The highest BCUT2D eigenvalue weighted by Gasteiger charge is 2.44. The third-order valence-corrected chi connectivity index (χ3v) is 5.61. The van der Waals surface area contributed by atoms with Crippen LogP contribution >= 0.6 is 0 Å². The van der Waals surface area contributed by atoms with Crippen molar-refractivity contribution in [1.29, 1.82) is 0 Å². The van der Waals surface area contributed by atoms with Gasteiger partial charge in [0.15, 0.2) is 11.6 Å². The molecular formula is C23H23F5. The van der Waals surface area contributed by atoms with Crippen molar-refractivity contribution >= 4 is 0 Å². The summed E-state index contributed by atoms with van der Waals surface area (Å²) in [6.07, 6.45) is 3.62. The Labute approximate surface area is 162 Å². The Hall–Kier alpha value is -2.17. The zero-order valence-electron chi connectivity index (χ0n) is 15.9. The molecule has 1 saturated carbocycles. The third kappa shape index (κ3) is 3.85. The van der Waals surface area contributed by atoms with Crippen molar-refractivity contribution in [3.8, 4) is 11.1 Å². The second kappa shape index (κ2) is 8.06. The van der Waals surface area contributed by atoms with Gasteiger partial charge in [-0.3, -0.25) is 0 Å². The molecule has 0 spiro atoms. The SMILES string of the molecule is C/C=C/C1CCC(c2ccc(-c3ccc(CC)c(F)c3)c(F)c2F)CC1(F)F. The fourth-order valence-corrected chi connectivity index (χ4v) is 4.01. The first-order valence-electron chi connectivity index (χ1n) is 9.55. The lowest BCUT2D eigenvalue weighted by Crippen LogP contribution is -2.34. The highest BCUT2D eigenvalue weighted by molar-refractivity contribution is 5.65. The van der Waals surface area contributed by atoms with Crippen LogP contribution < -0.4 is 0 Å². The molecule has 0 nitrogen and oxygen atoms in total. The van der Waals surface area contributed by atoms with Gasteiger partial charge in [0.2, 0.25) is 0 Å². The van der Waals surface area contributed by atoms with Crippen LogP contribution in [0.1, 0.15) is 50.2 Å². The number of aryl methyl sites for hydroxylation is 1. The van der Waals surface area contributed by atoms with Gasteiger partial charge in [0.1, 0.15) is 5.82 Å². The van der Waals surface area contributed by atoms with Gasteiger partial charge >= 0.3 is 0 Å². The van der Waals surface area contributed by atoms with Crippen LogP contribution in [0.5, 0.6) is 0 Å². The first-order chi connectivity index (χ1) is 13.3. The minimum atomic E-state index is -2.96. The molecule has 2 atom stereocenters. The maximum absolute atomic E-state index is 14.7. The molecule has 2 aromatic rings. The standard InChI is InChI=1S/C23H23F5/c1-3-5-17-9-8-16(13-23(17,27)28)19-11-10-18(21(25)22(19)26)15-7-6-14(4-2)20(24)12-15/h3,5-7,10-12,16-17H,4,8-9,13H2,1-2H3/b5-3+. The maximum Gasteiger partial charge on any atom is 0.254 e. The molecular weight excluding hydrogens is 371 g/mol. The zero-order chi connectivity index (χ0) is 20.5. The van der Waals surface area contributed by atoms with E-state index in [0.717, 1.165) is 0 Å². The predicted octanol–water partition coefficient (Wildman–Crippen LogP) is 7.43. The van der Waals surface area contributed by atoms with Crippen LogP contribution in [0.25, 0.3) is 11.1 Å².